The molecule has 192 valence electrons. The Kier molecular flexibility index (Phi) is 8.66. The first kappa shape index (κ1) is 26.9. The first-order chi connectivity index (χ1) is 17.8. The minimum absolute atomic E-state index is 0.0383. The molecule has 0 saturated carbocycles. The zero-order chi connectivity index (χ0) is 26.5. The predicted molar refractivity (Wildman–Crippen MR) is 153 cm³/mol. The summed E-state index contributed by atoms with van der Waals surface area (Å²) in [5, 5.41) is 5.04. The zero-order valence-corrected chi connectivity index (χ0v) is 24.2. The van der Waals surface area contributed by atoms with Gasteiger partial charge in [0.1, 0.15) is 12.4 Å². The Morgan fingerprint density at radius 1 is 1.00 bits per heavy atom. The van der Waals surface area contributed by atoms with E-state index in [2.05, 4.69) is 43.9 Å². The van der Waals surface area contributed by atoms with Gasteiger partial charge in [0.05, 0.1) is 31.3 Å². The van der Waals surface area contributed by atoms with Crippen molar-refractivity contribution in [2.75, 3.05) is 14.2 Å². The number of ether oxygens (including phenoxy) is 3. The Labute approximate surface area is 232 Å². The Hall–Kier alpha value is -3.17. The van der Waals surface area contributed by atoms with Gasteiger partial charge in [0, 0.05) is 20.4 Å². The number of halogens is 2. The lowest BCUT2D eigenvalue weighted by Crippen LogP contribution is -2.23. The highest BCUT2D eigenvalue weighted by atomic mass is 79.9. The van der Waals surface area contributed by atoms with Crippen molar-refractivity contribution in [1.82, 2.24) is 9.66 Å². The van der Waals surface area contributed by atoms with Crippen molar-refractivity contribution in [2.24, 2.45) is 5.10 Å². The van der Waals surface area contributed by atoms with Gasteiger partial charge < -0.3 is 14.2 Å². The monoisotopic (exact) mass is 627 g/mol. The second kappa shape index (κ2) is 11.9. The van der Waals surface area contributed by atoms with Crippen LogP contribution in [-0.2, 0) is 6.61 Å². The molecule has 7 nitrogen and oxygen atoms in total. The molecule has 0 N–H and O–H groups in total. The molecule has 37 heavy (non-hydrogen) atoms. The lowest BCUT2D eigenvalue weighted by atomic mass is 10.1. The summed E-state index contributed by atoms with van der Waals surface area (Å²) < 4.78 is 20.4. The summed E-state index contributed by atoms with van der Waals surface area (Å²) in [6.07, 6.45) is 2.42. The fourth-order valence-electron chi connectivity index (χ4n) is 3.76. The van der Waals surface area contributed by atoms with Gasteiger partial charge in [-0.3, -0.25) is 4.79 Å². The number of methoxy groups -OCH3 is 2. The Morgan fingerprint density at radius 3 is 2.27 bits per heavy atom. The van der Waals surface area contributed by atoms with Crippen LogP contribution in [0, 0.1) is 0 Å². The average Bonchev–Trinajstić information content (AvgIpc) is 2.91. The Balaban J connectivity index is 1.72. The molecule has 9 heteroatoms. The van der Waals surface area contributed by atoms with Gasteiger partial charge in [-0.25, -0.2) is 4.98 Å². The molecule has 4 aromatic rings. The molecule has 0 aliphatic rings. The molecular formula is C28H27Br2N3O4. The molecule has 4 rings (SSSR count). The molecule has 1 heterocycles. The highest BCUT2D eigenvalue weighted by Gasteiger charge is 2.17. The van der Waals surface area contributed by atoms with E-state index in [0.29, 0.717) is 46.1 Å². The van der Waals surface area contributed by atoms with Crippen molar-refractivity contribution in [1.29, 1.82) is 0 Å². The van der Waals surface area contributed by atoms with Crippen LogP contribution in [0.3, 0.4) is 0 Å². The van der Waals surface area contributed by atoms with E-state index >= 15 is 0 Å². The number of fused-ring (bicyclic) bond motifs is 1. The van der Waals surface area contributed by atoms with Crippen molar-refractivity contribution in [2.45, 2.75) is 32.8 Å². The quantitative estimate of drug-likeness (QED) is 0.188. The van der Waals surface area contributed by atoms with Crippen LogP contribution in [0.15, 0.2) is 73.4 Å². The van der Waals surface area contributed by atoms with Gasteiger partial charge in [-0.05, 0) is 54.4 Å². The second-order valence-electron chi connectivity index (χ2n) is 8.47. The van der Waals surface area contributed by atoms with Crippen molar-refractivity contribution < 1.29 is 14.2 Å². The van der Waals surface area contributed by atoms with Crippen LogP contribution in [0.2, 0.25) is 0 Å². The van der Waals surface area contributed by atoms with Gasteiger partial charge in [-0.15, -0.1) is 0 Å². The molecule has 0 radical (unpaired) electrons. The average molecular weight is 629 g/mol. The van der Waals surface area contributed by atoms with E-state index in [1.54, 1.807) is 38.6 Å². The molecule has 0 aliphatic heterocycles. The largest absolute Gasteiger partial charge is 0.493 e. The number of benzene rings is 3. The zero-order valence-electron chi connectivity index (χ0n) is 21.0. The van der Waals surface area contributed by atoms with Crippen LogP contribution >= 0.6 is 31.9 Å². The van der Waals surface area contributed by atoms with E-state index in [9.17, 15) is 4.79 Å². The number of hydrogen-bond acceptors (Lipinski definition) is 6. The van der Waals surface area contributed by atoms with Gasteiger partial charge in [-0.2, -0.15) is 9.78 Å². The highest BCUT2D eigenvalue weighted by Crippen LogP contribution is 2.39. The number of hydrogen-bond donors (Lipinski definition) is 0. The van der Waals surface area contributed by atoms with Crippen LogP contribution in [0.25, 0.3) is 10.9 Å². The van der Waals surface area contributed by atoms with E-state index in [0.717, 1.165) is 20.9 Å². The maximum Gasteiger partial charge on any atom is 0.282 e. The molecule has 0 saturated heterocycles. The van der Waals surface area contributed by atoms with Crippen molar-refractivity contribution in [3.05, 3.63) is 90.8 Å². The summed E-state index contributed by atoms with van der Waals surface area (Å²) in [6, 6.07) is 16.9. The Morgan fingerprint density at radius 2 is 1.65 bits per heavy atom. The second-order valence-corrected chi connectivity index (χ2v) is 10.3. The third-order valence-electron chi connectivity index (χ3n) is 5.99. The number of aromatic nitrogens is 2. The molecule has 0 fully saturated rings. The minimum Gasteiger partial charge on any atom is -0.493 e. The molecule has 1 atom stereocenters. The lowest BCUT2D eigenvalue weighted by molar-refractivity contribution is 0.266. The lowest BCUT2D eigenvalue weighted by Gasteiger charge is -2.16. The van der Waals surface area contributed by atoms with E-state index in [4.69, 9.17) is 19.2 Å². The SMILES string of the molecule is CC[C@@H](C)c1nc2ccc(Br)cc2c(=O)n1N=Cc1cc(OC)c(OCc2ccc(Br)cc2)c(OC)c1. The first-order valence-electron chi connectivity index (χ1n) is 11.7. The van der Waals surface area contributed by atoms with E-state index in [-0.39, 0.29) is 11.5 Å². The van der Waals surface area contributed by atoms with Gasteiger partial charge in [0.2, 0.25) is 5.75 Å². The summed E-state index contributed by atoms with van der Waals surface area (Å²) in [4.78, 5) is 18.2. The standard InChI is InChI=1S/C28H27Br2N3O4/c1-5-17(2)27-32-23-11-10-21(30)14-22(23)28(34)33(27)31-15-19-12-24(35-3)26(25(13-19)36-4)37-16-18-6-8-20(29)9-7-18/h6-15,17H,5,16H2,1-4H3/t17-/m1/s1. The summed E-state index contributed by atoms with van der Waals surface area (Å²) in [5.74, 6) is 2.11. The fraction of sp³-hybridized carbons (Fsp3) is 0.250. The molecule has 0 bridgehead atoms. The van der Waals surface area contributed by atoms with E-state index in [1.807, 2.05) is 43.3 Å². The van der Waals surface area contributed by atoms with Gasteiger partial charge >= 0.3 is 0 Å². The topological polar surface area (TPSA) is 74.9 Å². The number of rotatable bonds is 9. The molecule has 0 amide bonds. The third kappa shape index (κ3) is 6.05. The van der Waals surface area contributed by atoms with E-state index in [1.165, 1.54) is 4.68 Å². The van der Waals surface area contributed by atoms with Gasteiger partial charge in [0.15, 0.2) is 11.5 Å². The van der Waals surface area contributed by atoms with Crippen molar-refractivity contribution >= 4 is 49.0 Å². The van der Waals surface area contributed by atoms with Crippen molar-refractivity contribution in [3.63, 3.8) is 0 Å². The normalized spacial score (nSPS) is 12.2. The van der Waals surface area contributed by atoms with Crippen LogP contribution in [0.4, 0.5) is 0 Å². The van der Waals surface area contributed by atoms with Gasteiger partial charge in [0.25, 0.3) is 5.56 Å². The fourth-order valence-corrected chi connectivity index (χ4v) is 4.38. The predicted octanol–water partition coefficient (Wildman–Crippen LogP) is 6.91. The third-order valence-corrected chi connectivity index (χ3v) is 7.01. The highest BCUT2D eigenvalue weighted by molar-refractivity contribution is 9.10. The molecule has 0 spiro atoms. The summed E-state index contributed by atoms with van der Waals surface area (Å²) in [5.41, 5.74) is 2.10. The molecule has 1 aromatic heterocycles. The van der Waals surface area contributed by atoms with Crippen LogP contribution in [0.1, 0.15) is 43.1 Å². The molecular weight excluding hydrogens is 602 g/mol. The Bertz CT molecular complexity index is 1480. The van der Waals surface area contributed by atoms with Crippen LogP contribution in [0.5, 0.6) is 17.2 Å². The first-order valence-corrected chi connectivity index (χ1v) is 13.3. The summed E-state index contributed by atoms with van der Waals surface area (Å²) in [6.45, 7) is 4.43. The molecule has 0 aliphatic carbocycles. The van der Waals surface area contributed by atoms with Crippen LogP contribution in [-0.4, -0.2) is 30.1 Å². The molecule has 0 unspecified atom stereocenters. The minimum atomic E-state index is -0.230. The number of nitrogens with zero attached hydrogens (tertiary/aromatic N) is 3. The summed E-state index contributed by atoms with van der Waals surface area (Å²) >= 11 is 6.88. The van der Waals surface area contributed by atoms with Crippen molar-refractivity contribution in [3.8, 4) is 17.2 Å². The van der Waals surface area contributed by atoms with E-state index < -0.39 is 0 Å². The molecule has 3 aromatic carbocycles. The van der Waals surface area contributed by atoms with Crippen LogP contribution < -0.4 is 19.8 Å². The summed E-state index contributed by atoms with van der Waals surface area (Å²) in [7, 11) is 3.14. The maximum atomic E-state index is 13.4. The maximum absolute atomic E-state index is 13.4. The van der Waals surface area contributed by atoms with Gasteiger partial charge in [-0.1, -0.05) is 57.8 Å². The smallest absolute Gasteiger partial charge is 0.282 e.